The van der Waals surface area contributed by atoms with E-state index in [1.54, 1.807) is 0 Å². The predicted octanol–water partition coefficient (Wildman–Crippen LogP) is 2.12. The van der Waals surface area contributed by atoms with E-state index in [4.69, 9.17) is 0 Å². The van der Waals surface area contributed by atoms with E-state index in [9.17, 15) is 19.4 Å². The predicted molar refractivity (Wildman–Crippen MR) is 32.2 cm³/mol. The highest BCUT2D eigenvalue weighted by atomic mass is 32.5. The molecule has 0 fully saturated rings. The fourth-order valence-corrected chi connectivity index (χ4v) is 2.31. The third-order valence-corrected chi connectivity index (χ3v) is 2.00. The van der Waals surface area contributed by atoms with Crippen LogP contribution in [0.2, 0.25) is 0 Å². The lowest BCUT2D eigenvalue weighted by Gasteiger charge is -2.36. The maximum Gasteiger partial charge on any atom is 0.303 e. The smallest absolute Gasteiger partial charge is 0.0942 e. The van der Waals surface area contributed by atoms with Crippen LogP contribution in [0.15, 0.2) is 11.1 Å². The van der Waals surface area contributed by atoms with E-state index in [1.165, 1.54) is 0 Å². The zero-order valence-corrected chi connectivity index (χ0v) is 7.27. The van der Waals surface area contributed by atoms with Crippen molar-refractivity contribution in [3.05, 3.63) is 11.1 Å². The summed E-state index contributed by atoms with van der Waals surface area (Å²) in [6.07, 6.45) is 0. The van der Waals surface area contributed by atoms with Crippen molar-refractivity contribution in [2.45, 2.75) is 0 Å². The van der Waals surface area contributed by atoms with Gasteiger partial charge in [0.05, 0.1) is 5.41 Å². The Balaban J connectivity index is 4.76. The van der Waals surface area contributed by atoms with Gasteiger partial charge in [-0.1, -0.05) is 25.1 Å². The monoisotopic (exact) mass is 184 g/mol. The van der Waals surface area contributed by atoms with Gasteiger partial charge in [0.1, 0.15) is 0 Å². The van der Waals surface area contributed by atoms with Gasteiger partial charge in [0.15, 0.2) is 0 Å². The highest BCUT2D eigenvalue weighted by Crippen LogP contribution is 2.98. The SMILES string of the molecule is FS(F)(F)(F)(F)C=C[SiH3]. The molecule has 0 radical (unpaired) electrons. The Hall–Kier alpha value is -0.0431. The van der Waals surface area contributed by atoms with Crippen LogP contribution in [0.25, 0.3) is 0 Å². The van der Waals surface area contributed by atoms with Gasteiger partial charge in [0, 0.05) is 10.2 Å². The molecule has 0 spiro atoms. The van der Waals surface area contributed by atoms with Gasteiger partial charge in [-0.3, -0.25) is 0 Å². The molecule has 0 aromatic rings. The molecule has 58 valence electrons. The normalized spacial score (nSPS) is 21.9. The van der Waals surface area contributed by atoms with E-state index >= 15 is 0 Å². The quantitative estimate of drug-likeness (QED) is 0.432. The summed E-state index contributed by atoms with van der Waals surface area (Å²) in [6, 6.07) is 0. The summed E-state index contributed by atoms with van der Waals surface area (Å²) in [5.74, 6) is 0. The lowest BCUT2D eigenvalue weighted by Crippen LogP contribution is -1.98. The van der Waals surface area contributed by atoms with Crippen LogP contribution in [-0.2, 0) is 0 Å². The Morgan fingerprint density at radius 2 is 1.33 bits per heavy atom. The average Bonchev–Trinajstić information content (AvgIpc) is 1.22. The van der Waals surface area contributed by atoms with Crippen LogP contribution < -0.4 is 0 Å². The zero-order chi connectivity index (χ0) is 7.82. The van der Waals surface area contributed by atoms with Crippen LogP contribution in [0.1, 0.15) is 0 Å². The lowest BCUT2D eigenvalue weighted by molar-refractivity contribution is 0.384. The Bertz CT molecular complexity index is 139. The molecule has 0 saturated heterocycles. The first kappa shape index (κ1) is 8.96. The molecule has 0 aliphatic carbocycles. The molecule has 0 amide bonds. The van der Waals surface area contributed by atoms with Crippen molar-refractivity contribution in [1.29, 1.82) is 0 Å². The Labute approximate surface area is 51.9 Å². The second-order valence-corrected chi connectivity index (χ2v) is 4.49. The summed E-state index contributed by atoms with van der Waals surface area (Å²) in [5, 5.41) is -0.924. The number of hydrogen-bond acceptors (Lipinski definition) is 0. The van der Waals surface area contributed by atoms with Crippen molar-refractivity contribution < 1.29 is 19.4 Å². The molecule has 0 rings (SSSR count). The van der Waals surface area contributed by atoms with Gasteiger partial charge in [-0.25, -0.2) is 0 Å². The molecule has 9 heavy (non-hydrogen) atoms. The third-order valence-electron chi connectivity index (χ3n) is 0.393. The highest BCUT2D eigenvalue weighted by molar-refractivity contribution is 8.48. The molecule has 0 bridgehead atoms. The van der Waals surface area contributed by atoms with Crippen LogP contribution >= 0.6 is 10.2 Å². The third kappa shape index (κ3) is 7.96. The van der Waals surface area contributed by atoms with E-state index in [1.807, 2.05) is 0 Å². The van der Waals surface area contributed by atoms with E-state index in [0.29, 0.717) is 5.70 Å². The summed E-state index contributed by atoms with van der Waals surface area (Å²) in [7, 11) is -9.19. The van der Waals surface area contributed by atoms with Crippen LogP contribution in [-0.4, -0.2) is 10.2 Å². The van der Waals surface area contributed by atoms with Crippen LogP contribution in [0, 0.1) is 0 Å². The van der Waals surface area contributed by atoms with E-state index in [-0.39, 0.29) is 10.2 Å². The molecule has 0 unspecified atom stereocenters. The van der Waals surface area contributed by atoms with Crippen molar-refractivity contribution in [3.63, 3.8) is 0 Å². The molecule has 0 atom stereocenters. The van der Waals surface area contributed by atoms with Gasteiger partial charge in [-0.2, -0.15) is 0 Å². The first-order valence-corrected chi connectivity index (χ1v) is 5.09. The van der Waals surface area contributed by atoms with Crippen LogP contribution in [0.4, 0.5) is 19.4 Å². The standard InChI is InChI=1S/C2H5F5SSi/c3-8(4,5,6,7)1-2-9/h1-2H,9H3. The molecular formula is C2H5F5SSi. The average molecular weight is 184 g/mol. The van der Waals surface area contributed by atoms with Gasteiger partial charge < -0.3 is 0 Å². The van der Waals surface area contributed by atoms with Crippen molar-refractivity contribution in [2.24, 2.45) is 0 Å². The molecule has 0 N–H and O–H groups in total. The highest BCUT2D eigenvalue weighted by Gasteiger charge is 2.60. The molecule has 0 aliphatic heterocycles. The Morgan fingerprint density at radius 3 is 1.33 bits per heavy atom. The van der Waals surface area contributed by atoms with Crippen molar-refractivity contribution in [3.8, 4) is 0 Å². The van der Waals surface area contributed by atoms with Crippen molar-refractivity contribution in [2.75, 3.05) is 0 Å². The molecule has 0 heterocycles. The molecule has 0 aliphatic rings. The molecule has 0 nitrogen and oxygen atoms in total. The maximum absolute atomic E-state index is 11.2. The molecule has 0 aromatic heterocycles. The minimum absolute atomic E-state index is 0.0152. The Kier molecular flexibility index (Phi) is 1.33. The first-order chi connectivity index (χ1) is 3.54. The van der Waals surface area contributed by atoms with Gasteiger partial charge in [-0.15, -0.1) is 0 Å². The summed E-state index contributed by atoms with van der Waals surface area (Å²) < 4.78 is 55.8. The summed E-state index contributed by atoms with van der Waals surface area (Å²) in [4.78, 5) is 0. The van der Waals surface area contributed by atoms with Gasteiger partial charge in [0.2, 0.25) is 0 Å². The van der Waals surface area contributed by atoms with Crippen molar-refractivity contribution >= 4 is 20.5 Å². The molecule has 0 aromatic carbocycles. The number of hydrogen-bond donors (Lipinski definition) is 0. The largest absolute Gasteiger partial charge is 0.303 e. The zero-order valence-electron chi connectivity index (χ0n) is 4.45. The summed E-state index contributed by atoms with van der Waals surface area (Å²) >= 11 is 0. The van der Waals surface area contributed by atoms with Crippen LogP contribution in [0.5, 0.6) is 0 Å². The fraction of sp³-hybridized carbons (Fsp3) is 0. The topological polar surface area (TPSA) is 0 Å². The molecule has 7 heteroatoms. The minimum atomic E-state index is -9.18. The molecule has 0 saturated carbocycles. The van der Waals surface area contributed by atoms with E-state index in [2.05, 4.69) is 0 Å². The summed E-state index contributed by atoms with van der Waals surface area (Å²) in [6.45, 7) is 0. The number of rotatable bonds is 1. The van der Waals surface area contributed by atoms with Gasteiger partial charge in [0.25, 0.3) is 0 Å². The number of halogens is 5. The fourth-order valence-electron chi connectivity index (χ4n) is 0.257. The lowest BCUT2D eigenvalue weighted by atomic mass is 11.2. The van der Waals surface area contributed by atoms with E-state index in [0.717, 1.165) is 0 Å². The molecular weight excluding hydrogens is 179 g/mol. The minimum Gasteiger partial charge on any atom is -0.0942 e. The Morgan fingerprint density at radius 1 is 1.00 bits per heavy atom. The maximum atomic E-state index is 11.2. The van der Waals surface area contributed by atoms with E-state index < -0.39 is 15.6 Å². The first-order valence-electron chi connectivity index (χ1n) is 1.92. The summed E-state index contributed by atoms with van der Waals surface area (Å²) in [5.41, 5.74) is 0.418. The van der Waals surface area contributed by atoms with Gasteiger partial charge in [-0.05, 0) is 0 Å². The second kappa shape index (κ2) is 1.34. The van der Waals surface area contributed by atoms with Gasteiger partial charge >= 0.3 is 10.2 Å². The van der Waals surface area contributed by atoms with Crippen LogP contribution in [0.3, 0.4) is 0 Å². The van der Waals surface area contributed by atoms with Crippen molar-refractivity contribution in [1.82, 2.24) is 0 Å². The second-order valence-electron chi connectivity index (χ2n) is 1.50.